The van der Waals surface area contributed by atoms with Crippen LogP contribution in [0.5, 0.6) is 5.75 Å². The summed E-state index contributed by atoms with van der Waals surface area (Å²) in [5, 5.41) is 19.1. The lowest BCUT2D eigenvalue weighted by atomic mass is 9.87. The molecule has 216 valence electrons. The van der Waals surface area contributed by atoms with Gasteiger partial charge in [-0.3, -0.25) is 24.0 Å². The van der Waals surface area contributed by atoms with Crippen molar-refractivity contribution in [3.8, 4) is 5.75 Å². The predicted octanol–water partition coefficient (Wildman–Crippen LogP) is 1.41. The molecule has 14 heteroatoms. The topological polar surface area (TPSA) is 163 Å². The first-order valence-electron chi connectivity index (χ1n) is 12.3. The maximum atomic E-state index is 13.1. The van der Waals surface area contributed by atoms with E-state index in [0.717, 1.165) is 24.3 Å². The number of anilines is 1. The fourth-order valence-corrected chi connectivity index (χ4v) is 3.97. The van der Waals surface area contributed by atoms with Gasteiger partial charge in [0.2, 0.25) is 11.8 Å². The van der Waals surface area contributed by atoms with Crippen molar-refractivity contribution < 1.29 is 47.0 Å². The Morgan fingerprint density at radius 2 is 1.69 bits per heavy atom. The van der Waals surface area contributed by atoms with Crippen LogP contribution in [0.25, 0.3) is 0 Å². The molecular weight excluding hydrogens is 525 g/mol. The SMILES string of the molecule is CC(C)(C)C[C@H](NC(=O)C(=O)Nc1ccc(OC(F)(F)F)cc1)C(=O)N[C@@H](C[C@@H]1CCCNC1=O)C(=O)CO. The molecular formula is C25H33F3N4O7. The zero-order valence-electron chi connectivity index (χ0n) is 21.8. The number of nitrogens with one attached hydrogen (secondary N) is 4. The highest BCUT2D eigenvalue weighted by Gasteiger charge is 2.34. The molecule has 1 aromatic carbocycles. The monoisotopic (exact) mass is 558 g/mol. The van der Waals surface area contributed by atoms with Crippen molar-refractivity contribution in [2.24, 2.45) is 11.3 Å². The van der Waals surface area contributed by atoms with Gasteiger partial charge >= 0.3 is 18.2 Å². The van der Waals surface area contributed by atoms with Crippen LogP contribution < -0.4 is 26.0 Å². The Bertz CT molecular complexity index is 1060. The highest BCUT2D eigenvalue weighted by molar-refractivity contribution is 6.40. The van der Waals surface area contributed by atoms with E-state index in [1.807, 2.05) is 0 Å². The number of Topliss-reactive ketones (excluding diaryl/α,β-unsaturated/α-hetero) is 1. The number of benzene rings is 1. The number of carbonyl (C=O) groups is 5. The van der Waals surface area contributed by atoms with Crippen molar-refractivity contribution in [1.29, 1.82) is 0 Å². The zero-order valence-corrected chi connectivity index (χ0v) is 21.8. The van der Waals surface area contributed by atoms with E-state index < -0.39 is 65.6 Å². The van der Waals surface area contributed by atoms with E-state index in [1.54, 1.807) is 20.8 Å². The quantitative estimate of drug-likeness (QED) is 0.271. The average molecular weight is 559 g/mol. The van der Waals surface area contributed by atoms with Gasteiger partial charge in [0.25, 0.3) is 0 Å². The summed E-state index contributed by atoms with van der Waals surface area (Å²) in [7, 11) is 0. The number of piperidine rings is 1. The number of carbonyl (C=O) groups excluding carboxylic acids is 5. The number of ether oxygens (including phenoxy) is 1. The number of amides is 4. The van der Waals surface area contributed by atoms with Crippen molar-refractivity contribution in [3.05, 3.63) is 24.3 Å². The Morgan fingerprint density at radius 3 is 2.23 bits per heavy atom. The fraction of sp³-hybridized carbons (Fsp3) is 0.560. The summed E-state index contributed by atoms with van der Waals surface area (Å²) in [4.78, 5) is 62.7. The van der Waals surface area contributed by atoms with Crippen LogP contribution in [0.4, 0.5) is 18.9 Å². The molecule has 0 aromatic heterocycles. The third-order valence-corrected chi connectivity index (χ3v) is 5.77. The second kappa shape index (κ2) is 13.4. The largest absolute Gasteiger partial charge is 0.573 e. The van der Waals surface area contributed by atoms with Crippen molar-refractivity contribution >= 4 is 35.1 Å². The first kappa shape index (κ1) is 31.5. The molecule has 3 atom stereocenters. The van der Waals surface area contributed by atoms with Gasteiger partial charge in [-0.25, -0.2) is 0 Å². The minimum atomic E-state index is -4.89. The van der Waals surface area contributed by atoms with Crippen molar-refractivity contribution in [2.45, 2.75) is 64.9 Å². The van der Waals surface area contributed by atoms with Gasteiger partial charge in [0.15, 0.2) is 5.78 Å². The summed E-state index contributed by atoms with van der Waals surface area (Å²) in [5.41, 5.74) is -0.513. The maximum absolute atomic E-state index is 13.1. The lowest BCUT2D eigenvalue weighted by Crippen LogP contribution is -2.55. The molecule has 0 aliphatic carbocycles. The maximum Gasteiger partial charge on any atom is 0.573 e. The molecule has 1 heterocycles. The molecule has 4 amide bonds. The van der Waals surface area contributed by atoms with E-state index in [4.69, 9.17) is 0 Å². The Hall–Kier alpha value is -3.68. The minimum Gasteiger partial charge on any atom is -0.406 e. The molecule has 1 aliphatic rings. The number of alkyl halides is 3. The summed E-state index contributed by atoms with van der Waals surface area (Å²) in [6.45, 7) is 4.99. The Labute approximate surface area is 223 Å². The smallest absolute Gasteiger partial charge is 0.406 e. The molecule has 1 fully saturated rings. The molecule has 0 bridgehead atoms. The van der Waals surface area contributed by atoms with Crippen molar-refractivity contribution in [1.82, 2.24) is 16.0 Å². The number of hydrogen-bond donors (Lipinski definition) is 5. The van der Waals surface area contributed by atoms with Crippen LogP contribution in [-0.2, 0) is 24.0 Å². The molecule has 39 heavy (non-hydrogen) atoms. The van der Waals surface area contributed by atoms with Crippen LogP contribution in [0.3, 0.4) is 0 Å². The van der Waals surface area contributed by atoms with Crippen molar-refractivity contribution in [2.75, 3.05) is 18.5 Å². The minimum absolute atomic E-state index is 0.000799. The normalized spacial score (nSPS) is 17.3. The van der Waals surface area contributed by atoms with E-state index in [0.29, 0.717) is 19.4 Å². The summed E-state index contributed by atoms with van der Waals surface area (Å²) in [5.74, 6) is -5.22. The van der Waals surface area contributed by atoms with Gasteiger partial charge in [-0.1, -0.05) is 20.8 Å². The molecule has 0 spiro atoms. The molecule has 1 saturated heterocycles. The van der Waals surface area contributed by atoms with E-state index >= 15 is 0 Å². The Balaban J connectivity index is 2.09. The van der Waals surface area contributed by atoms with Gasteiger partial charge < -0.3 is 31.1 Å². The zero-order chi connectivity index (χ0) is 29.4. The van der Waals surface area contributed by atoms with Crippen LogP contribution >= 0.6 is 0 Å². The van der Waals surface area contributed by atoms with Crippen LogP contribution in [-0.4, -0.2) is 66.1 Å². The first-order valence-corrected chi connectivity index (χ1v) is 12.3. The Kier molecular flexibility index (Phi) is 10.8. The highest BCUT2D eigenvalue weighted by atomic mass is 19.4. The molecule has 2 rings (SSSR count). The number of rotatable bonds is 10. The summed E-state index contributed by atoms with van der Waals surface area (Å²) >= 11 is 0. The third-order valence-electron chi connectivity index (χ3n) is 5.77. The number of hydrogen-bond acceptors (Lipinski definition) is 7. The Morgan fingerprint density at radius 1 is 1.05 bits per heavy atom. The second-order valence-electron chi connectivity index (χ2n) is 10.4. The van der Waals surface area contributed by atoms with Gasteiger partial charge in [-0.2, -0.15) is 0 Å². The second-order valence-corrected chi connectivity index (χ2v) is 10.4. The van der Waals surface area contributed by atoms with Gasteiger partial charge in [0.1, 0.15) is 18.4 Å². The van der Waals surface area contributed by atoms with Gasteiger partial charge in [0, 0.05) is 18.2 Å². The third kappa shape index (κ3) is 10.9. The van der Waals surface area contributed by atoms with Crippen LogP contribution in [0.15, 0.2) is 24.3 Å². The van der Waals surface area contributed by atoms with E-state index in [2.05, 4.69) is 26.0 Å². The summed E-state index contributed by atoms with van der Waals surface area (Å²) in [6, 6.07) is 1.63. The predicted molar refractivity (Wildman–Crippen MR) is 132 cm³/mol. The lowest BCUT2D eigenvalue weighted by Gasteiger charge is -2.29. The van der Waals surface area contributed by atoms with Gasteiger partial charge in [-0.15, -0.1) is 13.2 Å². The summed E-state index contributed by atoms with van der Waals surface area (Å²) < 4.78 is 40.7. The number of halogens is 3. The first-order chi connectivity index (χ1) is 18.1. The van der Waals surface area contributed by atoms with Gasteiger partial charge in [0.05, 0.1) is 6.04 Å². The molecule has 1 aromatic rings. The van der Waals surface area contributed by atoms with Crippen LogP contribution in [0.1, 0.15) is 46.5 Å². The lowest BCUT2D eigenvalue weighted by molar-refractivity contribution is -0.274. The molecule has 1 aliphatic heterocycles. The molecule has 5 N–H and O–H groups in total. The number of aliphatic hydroxyl groups is 1. The number of ketones is 1. The van der Waals surface area contributed by atoms with Crippen LogP contribution in [0, 0.1) is 11.3 Å². The van der Waals surface area contributed by atoms with E-state index in [-0.39, 0.29) is 24.4 Å². The highest BCUT2D eigenvalue weighted by Crippen LogP contribution is 2.24. The van der Waals surface area contributed by atoms with E-state index in [9.17, 15) is 42.3 Å². The molecule has 0 unspecified atom stereocenters. The average Bonchev–Trinajstić information content (AvgIpc) is 2.83. The molecule has 0 saturated carbocycles. The molecule has 0 radical (unpaired) electrons. The van der Waals surface area contributed by atoms with Crippen molar-refractivity contribution in [3.63, 3.8) is 0 Å². The van der Waals surface area contributed by atoms with Gasteiger partial charge in [-0.05, 0) is 55.4 Å². The summed E-state index contributed by atoms with van der Waals surface area (Å²) in [6.07, 6.45) is -3.67. The van der Waals surface area contributed by atoms with Crippen LogP contribution in [0.2, 0.25) is 0 Å². The molecule has 11 nitrogen and oxygen atoms in total. The number of aliphatic hydroxyl groups excluding tert-OH is 1. The van der Waals surface area contributed by atoms with E-state index in [1.165, 1.54) is 0 Å². The fourth-order valence-electron chi connectivity index (χ4n) is 3.97. The standard InChI is InChI=1S/C25H33F3N4O7/c1-24(2,3)12-18(21(36)31-17(19(34)13-33)11-14-5-4-10-29-20(14)35)32-23(38)22(37)30-15-6-8-16(9-7-15)39-25(26,27)28/h6-9,14,17-18,33H,4-5,10-13H2,1-3H3,(H,29,35)(H,30,37)(H,31,36)(H,32,38)/t14-,17-,18-/m0/s1.